The van der Waals surface area contributed by atoms with Crippen LogP contribution in [-0.4, -0.2) is 74.4 Å². The molecule has 132 valence electrons. The molecule has 0 aromatic heterocycles. The Labute approximate surface area is 132 Å². The summed E-state index contributed by atoms with van der Waals surface area (Å²) >= 11 is 0. The molecular weight excluding hydrogens is 312 g/mol. The predicted molar refractivity (Wildman–Crippen MR) is 75.0 cm³/mol. The van der Waals surface area contributed by atoms with Crippen LogP contribution in [0.4, 0.5) is 0 Å². The predicted octanol–water partition coefficient (Wildman–Crippen LogP) is -2.70. The van der Waals surface area contributed by atoms with Crippen LogP contribution in [0.2, 0.25) is 0 Å². The van der Waals surface area contributed by atoms with Crippen molar-refractivity contribution < 1.29 is 39.5 Å². The minimum Gasteiger partial charge on any atom is -0.477 e. The standard InChI is InChI=1S/C13H22N2O8/c1-5(16)9(14-6(2)17)11-10(15-7(3)18)8(19)4-13(22,23-11)12(20)21/h5,8-11,16,19,22H,4H2,1-3H3,(H,14,17)(H,15,18)(H,20,21)/t5-,8?,9+,10?,11+,13?/m1/s1. The number of hydrogen-bond donors (Lipinski definition) is 6. The molecule has 1 aliphatic rings. The van der Waals surface area contributed by atoms with E-state index in [-0.39, 0.29) is 0 Å². The van der Waals surface area contributed by atoms with Crippen molar-refractivity contribution in [3.8, 4) is 0 Å². The summed E-state index contributed by atoms with van der Waals surface area (Å²) < 4.78 is 5.15. The Bertz CT molecular complexity index is 465. The SMILES string of the molecule is CC(=O)NC1C(O)CC(O)(C(=O)O)O[C@H]1[C@@H](NC(C)=O)[C@@H](C)O. The Kier molecular flexibility index (Phi) is 6.05. The number of aliphatic hydroxyl groups is 3. The van der Waals surface area contributed by atoms with Crippen LogP contribution < -0.4 is 10.6 Å². The molecule has 1 saturated heterocycles. The molecule has 2 amide bonds. The van der Waals surface area contributed by atoms with E-state index in [1.165, 1.54) is 20.8 Å². The number of aliphatic carboxylic acids is 1. The molecule has 10 nitrogen and oxygen atoms in total. The van der Waals surface area contributed by atoms with Crippen LogP contribution in [0, 0.1) is 0 Å². The molecule has 0 aliphatic carbocycles. The highest BCUT2D eigenvalue weighted by Crippen LogP contribution is 2.30. The molecule has 0 saturated carbocycles. The highest BCUT2D eigenvalue weighted by molar-refractivity contribution is 5.76. The summed E-state index contributed by atoms with van der Waals surface area (Å²) in [5, 5.41) is 43.8. The number of rotatable bonds is 5. The van der Waals surface area contributed by atoms with Gasteiger partial charge in [-0.3, -0.25) is 9.59 Å². The maximum Gasteiger partial charge on any atom is 0.364 e. The fourth-order valence-electron chi connectivity index (χ4n) is 2.54. The van der Waals surface area contributed by atoms with E-state index in [0.717, 1.165) is 0 Å². The molecule has 0 radical (unpaired) electrons. The van der Waals surface area contributed by atoms with Crippen LogP contribution in [0.15, 0.2) is 0 Å². The number of nitrogens with one attached hydrogen (secondary N) is 2. The van der Waals surface area contributed by atoms with Crippen molar-refractivity contribution in [1.29, 1.82) is 0 Å². The van der Waals surface area contributed by atoms with Gasteiger partial charge in [-0.05, 0) is 6.92 Å². The second-order valence-electron chi connectivity index (χ2n) is 5.64. The quantitative estimate of drug-likeness (QED) is 0.316. The summed E-state index contributed by atoms with van der Waals surface area (Å²) in [6.45, 7) is 3.67. The van der Waals surface area contributed by atoms with Gasteiger partial charge in [0.25, 0.3) is 5.79 Å². The highest BCUT2D eigenvalue weighted by atomic mass is 16.7. The number of ether oxygens (including phenoxy) is 1. The molecular formula is C13H22N2O8. The lowest BCUT2D eigenvalue weighted by atomic mass is 9.87. The first-order valence-electron chi connectivity index (χ1n) is 7.02. The molecule has 0 aromatic rings. The molecule has 0 bridgehead atoms. The lowest BCUT2D eigenvalue weighted by Gasteiger charge is -2.45. The van der Waals surface area contributed by atoms with Gasteiger partial charge < -0.3 is 35.8 Å². The third kappa shape index (κ3) is 4.61. The van der Waals surface area contributed by atoms with E-state index in [1.54, 1.807) is 0 Å². The Morgan fingerprint density at radius 1 is 1.26 bits per heavy atom. The lowest BCUT2D eigenvalue weighted by Crippen LogP contribution is -2.69. The van der Waals surface area contributed by atoms with Gasteiger partial charge in [0.15, 0.2) is 0 Å². The van der Waals surface area contributed by atoms with Crippen LogP contribution in [-0.2, 0) is 19.1 Å². The Balaban J connectivity index is 3.21. The summed E-state index contributed by atoms with van der Waals surface area (Å²) in [4.78, 5) is 33.8. The topological polar surface area (TPSA) is 165 Å². The summed E-state index contributed by atoms with van der Waals surface area (Å²) in [7, 11) is 0. The smallest absolute Gasteiger partial charge is 0.364 e. The molecule has 3 unspecified atom stereocenters. The zero-order chi connectivity index (χ0) is 17.9. The maximum absolute atomic E-state index is 11.3. The van der Waals surface area contributed by atoms with Crippen LogP contribution in [0.5, 0.6) is 0 Å². The first-order valence-corrected chi connectivity index (χ1v) is 7.02. The van der Waals surface area contributed by atoms with Crippen molar-refractivity contribution in [1.82, 2.24) is 10.6 Å². The van der Waals surface area contributed by atoms with Crippen molar-refractivity contribution in [2.24, 2.45) is 0 Å². The average molecular weight is 334 g/mol. The Morgan fingerprint density at radius 3 is 2.22 bits per heavy atom. The molecule has 23 heavy (non-hydrogen) atoms. The third-order valence-corrected chi connectivity index (χ3v) is 3.53. The number of carbonyl (C=O) groups excluding carboxylic acids is 2. The van der Waals surface area contributed by atoms with E-state index in [0.29, 0.717) is 0 Å². The van der Waals surface area contributed by atoms with Crippen LogP contribution in [0.3, 0.4) is 0 Å². The van der Waals surface area contributed by atoms with Crippen molar-refractivity contribution in [2.45, 2.75) is 63.4 Å². The maximum atomic E-state index is 11.3. The molecule has 1 fully saturated rings. The van der Waals surface area contributed by atoms with Gasteiger partial charge in [0.05, 0.1) is 24.3 Å². The summed E-state index contributed by atoms with van der Waals surface area (Å²) in [6.07, 6.45) is -4.72. The van der Waals surface area contributed by atoms with Crippen molar-refractivity contribution in [3.63, 3.8) is 0 Å². The minimum absolute atomic E-state index is 0.532. The number of carboxylic acid groups (broad SMARTS) is 1. The number of hydrogen-bond acceptors (Lipinski definition) is 7. The van der Waals surface area contributed by atoms with Crippen LogP contribution in [0.25, 0.3) is 0 Å². The van der Waals surface area contributed by atoms with E-state index < -0.39 is 60.4 Å². The number of carboxylic acids is 1. The van der Waals surface area contributed by atoms with E-state index >= 15 is 0 Å². The molecule has 0 spiro atoms. The monoisotopic (exact) mass is 334 g/mol. The molecule has 6 N–H and O–H groups in total. The first kappa shape index (κ1) is 19.3. The van der Waals surface area contributed by atoms with Crippen molar-refractivity contribution >= 4 is 17.8 Å². The molecule has 6 atom stereocenters. The zero-order valence-corrected chi connectivity index (χ0v) is 13.0. The lowest BCUT2D eigenvalue weighted by molar-refractivity contribution is -0.283. The van der Waals surface area contributed by atoms with Gasteiger partial charge in [0.1, 0.15) is 6.10 Å². The van der Waals surface area contributed by atoms with Gasteiger partial charge in [0.2, 0.25) is 11.8 Å². The second kappa shape index (κ2) is 7.21. The molecule has 1 aliphatic heterocycles. The summed E-state index contributed by atoms with van der Waals surface area (Å²) in [6, 6.07) is -2.29. The average Bonchev–Trinajstić information content (AvgIpc) is 2.38. The van der Waals surface area contributed by atoms with Crippen LogP contribution in [0.1, 0.15) is 27.2 Å². The minimum atomic E-state index is -2.70. The van der Waals surface area contributed by atoms with Crippen LogP contribution >= 0.6 is 0 Å². The first-order chi connectivity index (χ1) is 10.5. The molecule has 1 heterocycles. The van der Waals surface area contributed by atoms with Crippen molar-refractivity contribution in [3.05, 3.63) is 0 Å². The number of amides is 2. The fraction of sp³-hybridized carbons (Fsp3) is 0.769. The summed E-state index contributed by atoms with van der Waals surface area (Å²) in [5.41, 5.74) is 0. The molecule has 1 rings (SSSR count). The zero-order valence-electron chi connectivity index (χ0n) is 13.0. The van der Waals surface area contributed by atoms with Gasteiger partial charge >= 0.3 is 5.97 Å². The Hall–Kier alpha value is -1.75. The number of carbonyl (C=O) groups is 3. The second-order valence-corrected chi connectivity index (χ2v) is 5.64. The largest absolute Gasteiger partial charge is 0.477 e. The molecule has 10 heteroatoms. The summed E-state index contributed by atoms with van der Waals surface area (Å²) in [5.74, 6) is -5.50. The number of aliphatic hydroxyl groups excluding tert-OH is 2. The highest BCUT2D eigenvalue weighted by Gasteiger charge is 2.53. The van der Waals surface area contributed by atoms with E-state index in [2.05, 4.69) is 10.6 Å². The third-order valence-electron chi connectivity index (χ3n) is 3.53. The van der Waals surface area contributed by atoms with Gasteiger partial charge in [0, 0.05) is 20.3 Å². The fourth-order valence-corrected chi connectivity index (χ4v) is 2.54. The molecule has 0 aromatic carbocycles. The van der Waals surface area contributed by atoms with Gasteiger partial charge in [-0.2, -0.15) is 0 Å². The van der Waals surface area contributed by atoms with Gasteiger partial charge in [-0.15, -0.1) is 0 Å². The van der Waals surface area contributed by atoms with Gasteiger partial charge in [-0.25, -0.2) is 4.79 Å². The van der Waals surface area contributed by atoms with E-state index in [1.807, 2.05) is 0 Å². The normalized spacial score (nSPS) is 33.4. The Morgan fingerprint density at radius 2 is 1.83 bits per heavy atom. The van der Waals surface area contributed by atoms with Crippen molar-refractivity contribution in [2.75, 3.05) is 0 Å². The van der Waals surface area contributed by atoms with E-state index in [9.17, 15) is 29.7 Å². The van der Waals surface area contributed by atoms with Gasteiger partial charge in [-0.1, -0.05) is 0 Å². The van der Waals surface area contributed by atoms with E-state index in [4.69, 9.17) is 9.84 Å².